The van der Waals surface area contributed by atoms with E-state index in [0.717, 1.165) is 31.3 Å². The lowest BCUT2D eigenvalue weighted by Gasteiger charge is -2.16. The Morgan fingerprint density at radius 3 is 3.00 bits per heavy atom. The van der Waals surface area contributed by atoms with Crippen LogP contribution in [0.25, 0.3) is 0 Å². The molecular formula is C13H25N5. The highest BCUT2D eigenvalue weighted by atomic mass is 15.6. The van der Waals surface area contributed by atoms with E-state index in [9.17, 15) is 0 Å². The molecule has 1 aromatic rings. The number of rotatable bonds is 5. The molecule has 0 saturated heterocycles. The van der Waals surface area contributed by atoms with E-state index in [2.05, 4.69) is 39.4 Å². The first-order valence-corrected chi connectivity index (χ1v) is 7.28. The Morgan fingerprint density at radius 1 is 1.28 bits per heavy atom. The highest BCUT2D eigenvalue weighted by Gasteiger charge is 2.21. The average molecular weight is 251 g/mol. The number of nitrogens with zero attached hydrogens (tertiary/aromatic N) is 4. The molecule has 0 bridgehead atoms. The van der Waals surface area contributed by atoms with Crippen molar-refractivity contribution >= 4 is 0 Å². The van der Waals surface area contributed by atoms with E-state index in [1.807, 2.05) is 0 Å². The topological polar surface area (TPSA) is 55.6 Å². The third-order valence-corrected chi connectivity index (χ3v) is 3.84. The minimum atomic E-state index is 0.503. The van der Waals surface area contributed by atoms with Crippen LogP contribution in [-0.4, -0.2) is 26.8 Å². The van der Waals surface area contributed by atoms with Crippen LogP contribution in [0.5, 0.6) is 0 Å². The zero-order valence-electron chi connectivity index (χ0n) is 11.6. The summed E-state index contributed by atoms with van der Waals surface area (Å²) in [6, 6.07) is 0.503. The van der Waals surface area contributed by atoms with Gasteiger partial charge in [0.2, 0.25) is 0 Å². The molecular weight excluding hydrogens is 226 g/mol. The lowest BCUT2D eigenvalue weighted by molar-refractivity contribution is 0.375. The predicted octanol–water partition coefficient (Wildman–Crippen LogP) is 2.31. The van der Waals surface area contributed by atoms with Gasteiger partial charge in [-0.05, 0) is 48.6 Å². The predicted molar refractivity (Wildman–Crippen MR) is 71.1 cm³/mol. The molecule has 102 valence electrons. The van der Waals surface area contributed by atoms with E-state index < -0.39 is 0 Å². The standard InChI is InChI=1S/C13H25N5/c1-3-9-14-10-13-15-16-17-18(13)12-6-4-5-11(2)7-8-12/h11-12,14H,3-10H2,1-2H3. The summed E-state index contributed by atoms with van der Waals surface area (Å²) in [5.74, 6) is 1.84. The number of nitrogens with one attached hydrogen (secondary N) is 1. The Labute approximate surface area is 109 Å². The van der Waals surface area contributed by atoms with Gasteiger partial charge >= 0.3 is 0 Å². The van der Waals surface area contributed by atoms with Crippen LogP contribution in [0.2, 0.25) is 0 Å². The van der Waals surface area contributed by atoms with Crippen molar-refractivity contribution in [2.75, 3.05) is 6.54 Å². The van der Waals surface area contributed by atoms with Gasteiger partial charge in [0.1, 0.15) is 0 Å². The minimum Gasteiger partial charge on any atom is -0.310 e. The van der Waals surface area contributed by atoms with Crippen LogP contribution in [0.15, 0.2) is 0 Å². The molecule has 2 atom stereocenters. The minimum absolute atomic E-state index is 0.503. The van der Waals surface area contributed by atoms with Gasteiger partial charge in [-0.25, -0.2) is 4.68 Å². The van der Waals surface area contributed by atoms with Gasteiger partial charge in [-0.1, -0.05) is 26.7 Å². The summed E-state index contributed by atoms with van der Waals surface area (Å²) in [4.78, 5) is 0. The maximum Gasteiger partial charge on any atom is 0.165 e. The van der Waals surface area contributed by atoms with Crippen molar-refractivity contribution in [3.63, 3.8) is 0 Å². The van der Waals surface area contributed by atoms with E-state index >= 15 is 0 Å². The second-order valence-corrected chi connectivity index (χ2v) is 5.48. The van der Waals surface area contributed by atoms with Crippen LogP contribution in [0.1, 0.15) is 64.2 Å². The lowest BCUT2D eigenvalue weighted by atomic mass is 10.0. The van der Waals surface area contributed by atoms with Crippen LogP contribution in [0, 0.1) is 5.92 Å². The molecule has 5 nitrogen and oxygen atoms in total. The molecule has 0 radical (unpaired) electrons. The molecule has 1 aliphatic rings. The normalized spacial score (nSPS) is 25.0. The van der Waals surface area contributed by atoms with Crippen molar-refractivity contribution in [1.82, 2.24) is 25.5 Å². The van der Waals surface area contributed by atoms with Crippen LogP contribution in [-0.2, 0) is 6.54 Å². The maximum absolute atomic E-state index is 4.20. The third kappa shape index (κ3) is 3.51. The molecule has 0 spiro atoms. The average Bonchev–Trinajstić information content (AvgIpc) is 2.72. The number of aromatic nitrogens is 4. The summed E-state index contributed by atoms with van der Waals surface area (Å²) in [5, 5.41) is 15.6. The quantitative estimate of drug-likeness (QED) is 0.644. The fourth-order valence-corrected chi connectivity index (χ4v) is 2.70. The summed E-state index contributed by atoms with van der Waals surface area (Å²) in [6.07, 6.45) is 7.52. The molecule has 5 heteroatoms. The molecule has 0 amide bonds. The van der Waals surface area contributed by atoms with Crippen molar-refractivity contribution in [3.05, 3.63) is 5.82 Å². The Balaban J connectivity index is 1.96. The molecule has 0 aromatic carbocycles. The van der Waals surface area contributed by atoms with Gasteiger partial charge in [-0.3, -0.25) is 0 Å². The van der Waals surface area contributed by atoms with Gasteiger partial charge in [0.05, 0.1) is 12.6 Å². The van der Waals surface area contributed by atoms with Crippen molar-refractivity contribution < 1.29 is 0 Å². The van der Waals surface area contributed by atoms with Crippen molar-refractivity contribution in [2.45, 2.75) is 65.0 Å². The van der Waals surface area contributed by atoms with Crippen molar-refractivity contribution in [1.29, 1.82) is 0 Å². The highest BCUT2D eigenvalue weighted by Crippen LogP contribution is 2.29. The van der Waals surface area contributed by atoms with E-state index in [1.54, 1.807) is 0 Å². The summed E-state index contributed by atoms with van der Waals surface area (Å²) in [7, 11) is 0. The van der Waals surface area contributed by atoms with Gasteiger partial charge in [0, 0.05) is 0 Å². The van der Waals surface area contributed by atoms with E-state index in [1.165, 1.54) is 32.1 Å². The Bertz CT molecular complexity index is 349. The van der Waals surface area contributed by atoms with E-state index in [4.69, 9.17) is 0 Å². The van der Waals surface area contributed by atoms with E-state index in [0.29, 0.717) is 6.04 Å². The SMILES string of the molecule is CCCNCc1nnnn1C1CCCC(C)CC1. The number of hydrogen-bond donors (Lipinski definition) is 1. The monoisotopic (exact) mass is 251 g/mol. The number of tetrazole rings is 1. The van der Waals surface area contributed by atoms with Crippen LogP contribution >= 0.6 is 0 Å². The molecule has 2 rings (SSSR count). The second-order valence-electron chi connectivity index (χ2n) is 5.48. The Hall–Kier alpha value is -0.970. The molecule has 1 saturated carbocycles. The molecule has 0 aliphatic heterocycles. The van der Waals surface area contributed by atoms with Gasteiger partial charge in [-0.2, -0.15) is 0 Å². The third-order valence-electron chi connectivity index (χ3n) is 3.84. The van der Waals surface area contributed by atoms with E-state index in [-0.39, 0.29) is 0 Å². The highest BCUT2D eigenvalue weighted by molar-refractivity contribution is 4.85. The summed E-state index contributed by atoms with van der Waals surface area (Å²) in [5.41, 5.74) is 0. The zero-order valence-corrected chi connectivity index (χ0v) is 11.6. The molecule has 2 unspecified atom stereocenters. The first kappa shape index (κ1) is 13.5. The first-order chi connectivity index (χ1) is 8.81. The first-order valence-electron chi connectivity index (χ1n) is 7.28. The second kappa shape index (κ2) is 6.83. The fourth-order valence-electron chi connectivity index (χ4n) is 2.70. The van der Waals surface area contributed by atoms with Crippen LogP contribution in [0.3, 0.4) is 0 Å². The summed E-state index contributed by atoms with van der Waals surface area (Å²) < 4.78 is 2.06. The Kier molecular flexibility index (Phi) is 5.11. The lowest BCUT2D eigenvalue weighted by Crippen LogP contribution is -2.20. The summed E-state index contributed by atoms with van der Waals surface area (Å²) >= 11 is 0. The maximum atomic E-state index is 4.20. The van der Waals surface area contributed by atoms with Crippen LogP contribution in [0.4, 0.5) is 0 Å². The fraction of sp³-hybridized carbons (Fsp3) is 0.923. The smallest absolute Gasteiger partial charge is 0.165 e. The van der Waals surface area contributed by atoms with Crippen molar-refractivity contribution in [3.8, 4) is 0 Å². The van der Waals surface area contributed by atoms with Crippen molar-refractivity contribution in [2.24, 2.45) is 5.92 Å². The van der Waals surface area contributed by atoms with Gasteiger partial charge in [0.15, 0.2) is 5.82 Å². The zero-order chi connectivity index (χ0) is 12.8. The van der Waals surface area contributed by atoms with Crippen LogP contribution < -0.4 is 5.32 Å². The van der Waals surface area contributed by atoms with Gasteiger partial charge in [-0.15, -0.1) is 5.10 Å². The summed E-state index contributed by atoms with van der Waals surface area (Å²) in [6.45, 7) is 6.33. The largest absolute Gasteiger partial charge is 0.310 e. The number of hydrogen-bond acceptors (Lipinski definition) is 4. The molecule has 1 fully saturated rings. The Morgan fingerprint density at radius 2 is 2.17 bits per heavy atom. The molecule has 1 aliphatic carbocycles. The van der Waals surface area contributed by atoms with Gasteiger partial charge in [0.25, 0.3) is 0 Å². The molecule has 1 N–H and O–H groups in total. The molecule has 1 aromatic heterocycles. The van der Waals surface area contributed by atoms with Gasteiger partial charge < -0.3 is 5.32 Å². The molecule has 1 heterocycles. The molecule has 18 heavy (non-hydrogen) atoms.